The summed E-state index contributed by atoms with van der Waals surface area (Å²) in [6.45, 7) is 4.08. The molecule has 16 heavy (non-hydrogen) atoms. The number of nitrogens with one attached hydrogen (secondary N) is 1. The summed E-state index contributed by atoms with van der Waals surface area (Å²) in [5.41, 5.74) is 0. The summed E-state index contributed by atoms with van der Waals surface area (Å²) < 4.78 is 0. The zero-order chi connectivity index (χ0) is 10.8. The number of halogens is 1. The molecule has 2 N–H and O–H groups in total. The molecule has 0 spiro atoms. The molecule has 0 radical (unpaired) electrons. The monoisotopic (exact) mass is 247 g/mol. The van der Waals surface area contributed by atoms with Gasteiger partial charge in [-0.15, -0.1) is 12.4 Å². The van der Waals surface area contributed by atoms with E-state index in [0.29, 0.717) is 17.8 Å². The van der Waals surface area contributed by atoms with Crippen molar-refractivity contribution in [1.29, 1.82) is 0 Å². The van der Waals surface area contributed by atoms with Gasteiger partial charge in [0.25, 0.3) is 0 Å². The van der Waals surface area contributed by atoms with E-state index in [0.717, 1.165) is 19.5 Å². The minimum atomic E-state index is -0.582. The standard InChI is InChI=1S/C12H21NO2.ClH/c1-2-10(12(14)15)11-8-4-3-5-9(11)7-13-6-8;/h8-11,13H,2-7H2,1H3,(H,14,15);1H. The Morgan fingerprint density at radius 3 is 2.38 bits per heavy atom. The second-order valence-electron chi connectivity index (χ2n) is 5.04. The van der Waals surface area contributed by atoms with Crippen LogP contribution in [-0.4, -0.2) is 24.2 Å². The molecule has 0 aromatic rings. The Bertz CT molecular complexity index is 225. The highest BCUT2D eigenvalue weighted by atomic mass is 35.5. The highest BCUT2D eigenvalue weighted by Crippen LogP contribution is 2.42. The van der Waals surface area contributed by atoms with E-state index in [2.05, 4.69) is 5.32 Å². The fourth-order valence-corrected chi connectivity index (χ4v) is 3.61. The lowest BCUT2D eigenvalue weighted by atomic mass is 9.64. The van der Waals surface area contributed by atoms with E-state index in [-0.39, 0.29) is 18.3 Å². The van der Waals surface area contributed by atoms with Crippen molar-refractivity contribution in [3.63, 3.8) is 0 Å². The summed E-state index contributed by atoms with van der Waals surface area (Å²) in [5.74, 6) is 0.961. The van der Waals surface area contributed by atoms with E-state index in [9.17, 15) is 9.90 Å². The maximum atomic E-state index is 11.2. The van der Waals surface area contributed by atoms with Crippen LogP contribution in [-0.2, 0) is 4.79 Å². The number of hydrogen-bond acceptors (Lipinski definition) is 2. The first-order chi connectivity index (χ1) is 7.24. The molecule has 94 valence electrons. The number of carboxylic acid groups (broad SMARTS) is 1. The lowest BCUT2D eigenvalue weighted by Gasteiger charge is -2.45. The van der Waals surface area contributed by atoms with E-state index < -0.39 is 5.97 Å². The Morgan fingerprint density at radius 1 is 1.38 bits per heavy atom. The van der Waals surface area contributed by atoms with Crippen LogP contribution in [0.1, 0.15) is 32.6 Å². The molecular formula is C12H22ClNO2. The number of aliphatic carboxylic acids is 1. The molecule has 3 atom stereocenters. The molecular weight excluding hydrogens is 226 g/mol. The third-order valence-corrected chi connectivity index (χ3v) is 4.27. The zero-order valence-corrected chi connectivity index (χ0v) is 10.6. The molecule has 1 aliphatic carbocycles. The van der Waals surface area contributed by atoms with Crippen LogP contribution in [0.15, 0.2) is 0 Å². The summed E-state index contributed by atoms with van der Waals surface area (Å²) in [6, 6.07) is 0. The SMILES string of the molecule is CCC(C(=O)O)C1C2CCCC1CNC2.Cl. The molecule has 0 aromatic carbocycles. The first-order valence-electron chi connectivity index (χ1n) is 6.17. The van der Waals surface area contributed by atoms with Gasteiger partial charge in [-0.25, -0.2) is 0 Å². The molecule has 2 aliphatic rings. The van der Waals surface area contributed by atoms with Gasteiger partial charge in [-0.3, -0.25) is 4.79 Å². The molecule has 1 aliphatic heterocycles. The first kappa shape index (κ1) is 13.8. The van der Waals surface area contributed by atoms with Crippen molar-refractivity contribution >= 4 is 18.4 Å². The largest absolute Gasteiger partial charge is 0.481 e. The van der Waals surface area contributed by atoms with Crippen molar-refractivity contribution in [2.24, 2.45) is 23.7 Å². The van der Waals surface area contributed by atoms with Gasteiger partial charge in [-0.05, 0) is 50.1 Å². The molecule has 1 saturated heterocycles. The van der Waals surface area contributed by atoms with Gasteiger partial charge in [0.1, 0.15) is 0 Å². The Balaban J connectivity index is 0.00000128. The molecule has 3 unspecified atom stereocenters. The van der Waals surface area contributed by atoms with Crippen LogP contribution in [0.4, 0.5) is 0 Å². The van der Waals surface area contributed by atoms with Crippen LogP contribution in [0.25, 0.3) is 0 Å². The number of rotatable bonds is 3. The Kier molecular flexibility index (Phi) is 5.06. The number of piperidine rings is 1. The van der Waals surface area contributed by atoms with Crippen LogP contribution in [0.3, 0.4) is 0 Å². The average Bonchev–Trinajstić information content (AvgIpc) is 2.17. The number of carbonyl (C=O) groups is 1. The van der Waals surface area contributed by atoms with Crippen LogP contribution >= 0.6 is 12.4 Å². The molecule has 2 fully saturated rings. The van der Waals surface area contributed by atoms with E-state index in [1.807, 2.05) is 6.92 Å². The van der Waals surface area contributed by atoms with Crippen molar-refractivity contribution in [2.75, 3.05) is 13.1 Å². The third kappa shape index (κ3) is 2.51. The summed E-state index contributed by atoms with van der Waals surface area (Å²) in [6.07, 6.45) is 4.52. The highest BCUT2D eigenvalue weighted by molar-refractivity contribution is 5.85. The maximum Gasteiger partial charge on any atom is 0.306 e. The first-order valence-corrected chi connectivity index (χ1v) is 6.17. The van der Waals surface area contributed by atoms with Crippen LogP contribution in [0.2, 0.25) is 0 Å². The lowest BCUT2D eigenvalue weighted by molar-refractivity contribution is -0.147. The zero-order valence-electron chi connectivity index (χ0n) is 9.82. The van der Waals surface area contributed by atoms with Gasteiger partial charge >= 0.3 is 5.97 Å². The van der Waals surface area contributed by atoms with Gasteiger partial charge in [0.05, 0.1) is 5.92 Å². The van der Waals surface area contributed by atoms with Crippen molar-refractivity contribution in [3.05, 3.63) is 0 Å². The smallest absolute Gasteiger partial charge is 0.306 e. The minimum absolute atomic E-state index is 0. The van der Waals surface area contributed by atoms with Gasteiger partial charge in [0, 0.05) is 0 Å². The van der Waals surface area contributed by atoms with E-state index in [1.54, 1.807) is 0 Å². The Morgan fingerprint density at radius 2 is 1.94 bits per heavy atom. The molecule has 1 heterocycles. The summed E-state index contributed by atoms with van der Waals surface area (Å²) in [7, 11) is 0. The van der Waals surface area contributed by atoms with Crippen molar-refractivity contribution < 1.29 is 9.90 Å². The molecule has 1 saturated carbocycles. The molecule has 3 nitrogen and oxygen atoms in total. The normalized spacial score (nSPS) is 34.9. The van der Waals surface area contributed by atoms with Gasteiger partial charge < -0.3 is 10.4 Å². The van der Waals surface area contributed by atoms with Crippen molar-refractivity contribution in [2.45, 2.75) is 32.6 Å². The Hall–Kier alpha value is -0.280. The maximum absolute atomic E-state index is 11.2. The van der Waals surface area contributed by atoms with Crippen LogP contribution in [0.5, 0.6) is 0 Å². The van der Waals surface area contributed by atoms with E-state index in [4.69, 9.17) is 0 Å². The van der Waals surface area contributed by atoms with Crippen LogP contribution in [0, 0.1) is 23.7 Å². The molecule has 2 rings (SSSR count). The number of carboxylic acids is 1. The number of hydrogen-bond donors (Lipinski definition) is 2. The summed E-state index contributed by atoms with van der Waals surface area (Å²) in [5, 5.41) is 12.7. The molecule has 0 aromatic heterocycles. The fourth-order valence-electron chi connectivity index (χ4n) is 3.61. The highest BCUT2D eigenvalue weighted by Gasteiger charge is 2.42. The number of fused-ring (bicyclic) bond motifs is 2. The second-order valence-corrected chi connectivity index (χ2v) is 5.04. The van der Waals surface area contributed by atoms with Gasteiger partial charge in [-0.2, -0.15) is 0 Å². The minimum Gasteiger partial charge on any atom is -0.481 e. The summed E-state index contributed by atoms with van der Waals surface area (Å²) >= 11 is 0. The van der Waals surface area contributed by atoms with Gasteiger partial charge in [0.2, 0.25) is 0 Å². The predicted molar refractivity (Wildman–Crippen MR) is 65.9 cm³/mol. The van der Waals surface area contributed by atoms with E-state index in [1.165, 1.54) is 19.3 Å². The quantitative estimate of drug-likeness (QED) is 0.804. The van der Waals surface area contributed by atoms with Gasteiger partial charge in [0.15, 0.2) is 0 Å². The molecule has 4 heteroatoms. The summed E-state index contributed by atoms with van der Waals surface area (Å²) in [4.78, 5) is 11.2. The topological polar surface area (TPSA) is 49.3 Å². The second kappa shape index (κ2) is 5.87. The van der Waals surface area contributed by atoms with Crippen molar-refractivity contribution in [1.82, 2.24) is 5.32 Å². The van der Waals surface area contributed by atoms with Gasteiger partial charge in [-0.1, -0.05) is 13.3 Å². The average molecular weight is 248 g/mol. The third-order valence-electron chi connectivity index (χ3n) is 4.27. The lowest BCUT2D eigenvalue weighted by Crippen LogP contribution is -2.50. The van der Waals surface area contributed by atoms with Crippen LogP contribution < -0.4 is 5.32 Å². The predicted octanol–water partition coefficient (Wildman–Crippen LogP) is 2.15. The van der Waals surface area contributed by atoms with Crippen molar-refractivity contribution in [3.8, 4) is 0 Å². The van der Waals surface area contributed by atoms with E-state index >= 15 is 0 Å². The molecule has 0 amide bonds. The fraction of sp³-hybridized carbons (Fsp3) is 0.917. The Labute approximate surface area is 103 Å². The molecule has 2 bridgehead atoms.